The van der Waals surface area contributed by atoms with Crippen LogP contribution in [0.5, 0.6) is 17.2 Å². The lowest BCUT2D eigenvalue weighted by atomic mass is 10.2. The number of nitriles is 1. The minimum absolute atomic E-state index is 0.138. The van der Waals surface area contributed by atoms with E-state index in [1.165, 1.54) is 6.07 Å². The summed E-state index contributed by atoms with van der Waals surface area (Å²) in [4.78, 5) is 0. The maximum atomic E-state index is 9.50. The number of hydrogen-bond donors (Lipinski definition) is 1. The quantitative estimate of drug-likeness (QED) is 0.907. The van der Waals surface area contributed by atoms with E-state index in [0.29, 0.717) is 21.5 Å². The van der Waals surface area contributed by atoms with E-state index in [0.717, 1.165) is 5.56 Å². The van der Waals surface area contributed by atoms with E-state index in [-0.39, 0.29) is 5.75 Å². The second kappa shape index (κ2) is 5.11. The highest BCUT2D eigenvalue weighted by atomic mass is 79.9. The average molecular weight is 304 g/mol. The van der Waals surface area contributed by atoms with Crippen molar-refractivity contribution in [1.82, 2.24) is 0 Å². The molecule has 0 spiro atoms. The van der Waals surface area contributed by atoms with Gasteiger partial charge >= 0.3 is 0 Å². The highest BCUT2D eigenvalue weighted by Gasteiger charge is 2.08. The van der Waals surface area contributed by atoms with Gasteiger partial charge in [0.1, 0.15) is 28.9 Å². The standard InChI is InChI=1S/C14H10BrNO2/c1-9-5-10(17)7-11(6-9)18-14-4-2-3-13(15)12(14)8-16/h2-7,17H,1H3. The molecule has 1 N–H and O–H groups in total. The molecule has 0 amide bonds. The molecule has 0 unspecified atom stereocenters. The SMILES string of the molecule is Cc1cc(O)cc(Oc2cccc(Br)c2C#N)c1. The van der Waals surface area contributed by atoms with Crippen LogP contribution in [-0.4, -0.2) is 5.11 Å². The number of hydrogen-bond acceptors (Lipinski definition) is 3. The molecule has 90 valence electrons. The Labute approximate surface area is 113 Å². The van der Waals surface area contributed by atoms with E-state index in [4.69, 9.17) is 10.00 Å². The lowest BCUT2D eigenvalue weighted by Crippen LogP contribution is -1.89. The van der Waals surface area contributed by atoms with Crippen molar-refractivity contribution in [3.63, 3.8) is 0 Å². The van der Waals surface area contributed by atoms with Crippen molar-refractivity contribution in [2.75, 3.05) is 0 Å². The van der Waals surface area contributed by atoms with Gasteiger partial charge < -0.3 is 9.84 Å². The van der Waals surface area contributed by atoms with Crippen molar-refractivity contribution in [1.29, 1.82) is 5.26 Å². The van der Waals surface area contributed by atoms with Crippen LogP contribution in [0.3, 0.4) is 0 Å². The summed E-state index contributed by atoms with van der Waals surface area (Å²) >= 11 is 3.30. The number of phenols is 1. The van der Waals surface area contributed by atoms with Crippen LogP contribution in [0.4, 0.5) is 0 Å². The van der Waals surface area contributed by atoms with Gasteiger partial charge in [-0.1, -0.05) is 6.07 Å². The summed E-state index contributed by atoms with van der Waals surface area (Å²) in [7, 11) is 0. The van der Waals surface area contributed by atoms with E-state index < -0.39 is 0 Å². The van der Waals surface area contributed by atoms with E-state index >= 15 is 0 Å². The molecule has 0 fully saturated rings. The summed E-state index contributed by atoms with van der Waals surface area (Å²) in [5.41, 5.74) is 1.32. The van der Waals surface area contributed by atoms with Crippen LogP contribution in [0.1, 0.15) is 11.1 Å². The van der Waals surface area contributed by atoms with Crippen molar-refractivity contribution in [3.8, 4) is 23.3 Å². The zero-order valence-electron chi connectivity index (χ0n) is 9.64. The Morgan fingerprint density at radius 3 is 2.72 bits per heavy atom. The Morgan fingerprint density at radius 2 is 2.06 bits per heavy atom. The number of benzene rings is 2. The fourth-order valence-electron chi connectivity index (χ4n) is 1.61. The lowest BCUT2D eigenvalue weighted by Gasteiger charge is -2.09. The monoisotopic (exact) mass is 303 g/mol. The molecule has 0 aliphatic heterocycles. The van der Waals surface area contributed by atoms with Gasteiger partial charge in [0.15, 0.2) is 0 Å². The minimum Gasteiger partial charge on any atom is -0.508 e. The lowest BCUT2D eigenvalue weighted by molar-refractivity contribution is 0.453. The van der Waals surface area contributed by atoms with Crippen LogP contribution in [0.15, 0.2) is 40.9 Å². The van der Waals surface area contributed by atoms with Crippen LogP contribution in [0, 0.1) is 18.3 Å². The van der Waals surface area contributed by atoms with Gasteiger partial charge in [0.05, 0.1) is 0 Å². The number of nitrogens with zero attached hydrogens (tertiary/aromatic N) is 1. The number of phenolic OH excluding ortho intramolecular Hbond substituents is 1. The molecule has 4 heteroatoms. The Morgan fingerprint density at radius 1 is 1.28 bits per heavy atom. The average Bonchev–Trinajstić information content (AvgIpc) is 2.27. The molecule has 0 saturated carbocycles. The second-order valence-electron chi connectivity index (χ2n) is 3.83. The van der Waals surface area contributed by atoms with E-state index in [2.05, 4.69) is 22.0 Å². The van der Waals surface area contributed by atoms with Crippen LogP contribution >= 0.6 is 15.9 Å². The Balaban J connectivity index is 2.40. The Hall–Kier alpha value is -1.99. The normalized spacial score (nSPS) is 9.83. The molecule has 0 aliphatic carbocycles. The molecule has 2 aromatic rings. The van der Waals surface area contributed by atoms with Gasteiger partial charge in [-0.05, 0) is 52.7 Å². The zero-order chi connectivity index (χ0) is 13.1. The number of ether oxygens (including phenoxy) is 1. The number of halogens is 1. The third-order valence-electron chi connectivity index (χ3n) is 2.35. The van der Waals surface area contributed by atoms with Crippen molar-refractivity contribution in [2.24, 2.45) is 0 Å². The van der Waals surface area contributed by atoms with E-state index in [9.17, 15) is 5.11 Å². The van der Waals surface area contributed by atoms with E-state index in [1.807, 2.05) is 6.92 Å². The Bertz CT molecular complexity index is 612. The van der Waals surface area contributed by atoms with Gasteiger partial charge in [-0.15, -0.1) is 0 Å². The number of aryl methyl sites for hydroxylation is 1. The molecule has 0 bridgehead atoms. The topological polar surface area (TPSA) is 53.2 Å². The number of rotatable bonds is 2. The van der Waals surface area contributed by atoms with Gasteiger partial charge in [-0.3, -0.25) is 0 Å². The Kier molecular flexibility index (Phi) is 3.54. The molecular formula is C14H10BrNO2. The van der Waals surface area contributed by atoms with Crippen molar-refractivity contribution in [3.05, 3.63) is 52.0 Å². The predicted octanol–water partition coefficient (Wildman–Crippen LogP) is 4.13. The van der Waals surface area contributed by atoms with Gasteiger partial charge in [0, 0.05) is 10.5 Å². The molecule has 0 atom stereocenters. The van der Waals surface area contributed by atoms with E-state index in [1.54, 1.807) is 30.3 Å². The van der Waals surface area contributed by atoms with Crippen LogP contribution in [0.25, 0.3) is 0 Å². The largest absolute Gasteiger partial charge is 0.508 e. The molecule has 2 aromatic carbocycles. The first-order chi connectivity index (χ1) is 8.60. The highest BCUT2D eigenvalue weighted by molar-refractivity contribution is 9.10. The molecule has 0 aromatic heterocycles. The maximum absolute atomic E-state index is 9.50. The summed E-state index contributed by atoms with van der Waals surface area (Å²) in [6, 6.07) is 12.3. The predicted molar refractivity (Wildman–Crippen MR) is 71.8 cm³/mol. The number of aromatic hydroxyl groups is 1. The summed E-state index contributed by atoms with van der Waals surface area (Å²) in [6.07, 6.45) is 0. The molecule has 3 nitrogen and oxygen atoms in total. The van der Waals surface area contributed by atoms with Crippen LogP contribution in [0.2, 0.25) is 0 Å². The summed E-state index contributed by atoms with van der Waals surface area (Å²) < 4.78 is 6.31. The van der Waals surface area contributed by atoms with Crippen LogP contribution in [-0.2, 0) is 0 Å². The summed E-state index contributed by atoms with van der Waals surface area (Å²) in [5.74, 6) is 1.09. The van der Waals surface area contributed by atoms with Crippen molar-refractivity contribution >= 4 is 15.9 Å². The molecule has 0 aliphatic rings. The fraction of sp³-hybridized carbons (Fsp3) is 0.0714. The first-order valence-corrected chi connectivity index (χ1v) is 6.06. The maximum Gasteiger partial charge on any atom is 0.146 e. The fourth-order valence-corrected chi connectivity index (χ4v) is 2.05. The minimum atomic E-state index is 0.138. The summed E-state index contributed by atoms with van der Waals surface area (Å²) in [6.45, 7) is 1.86. The third-order valence-corrected chi connectivity index (χ3v) is 3.01. The molecule has 2 rings (SSSR count). The van der Waals surface area contributed by atoms with Gasteiger partial charge in [-0.25, -0.2) is 0 Å². The molecule has 18 heavy (non-hydrogen) atoms. The van der Waals surface area contributed by atoms with Gasteiger partial charge in [0.2, 0.25) is 0 Å². The van der Waals surface area contributed by atoms with Gasteiger partial charge in [-0.2, -0.15) is 5.26 Å². The summed E-state index contributed by atoms with van der Waals surface area (Å²) in [5, 5.41) is 18.6. The second-order valence-corrected chi connectivity index (χ2v) is 4.69. The molecular weight excluding hydrogens is 294 g/mol. The zero-order valence-corrected chi connectivity index (χ0v) is 11.2. The highest BCUT2D eigenvalue weighted by Crippen LogP contribution is 2.31. The smallest absolute Gasteiger partial charge is 0.146 e. The molecule has 0 radical (unpaired) electrons. The third kappa shape index (κ3) is 2.63. The van der Waals surface area contributed by atoms with Crippen molar-refractivity contribution in [2.45, 2.75) is 6.92 Å². The molecule has 0 saturated heterocycles. The van der Waals surface area contributed by atoms with Crippen LogP contribution < -0.4 is 4.74 Å². The molecule has 0 heterocycles. The first-order valence-electron chi connectivity index (χ1n) is 5.27. The first kappa shape index (κ1) is 12.5. The van der Waals surface area contributed by atoms with Gasteiger partial charge in [0.25, 0.3) is 0 Å². The van der Waals surface area contributed by atoms with Crippen molar-refractivity contribution < 1.29 is 9.84 Å².